The topological polar surface area (TPSA) is 85.1 Å². The van der Waals surface area contributed by atoms with Gasteiger partial charge in [-0.3, -0.25) is 9.59 Å². The first kappa shape index (κ1) is 20.6. The Labute approximate surface area is 180 Å². The Hall–Kier alpha value is -3.65. The second kappa shape index (κ2) is 8.23. The van der Waals surface area contributed by atoms with Crippen LogP contribution in [0, 0.1) is 6.92 Å². The molecule has 0 unspecified atom stereocenters. The Bertz CT molecular complexity index is 1290. The average Bonchev–Trinajstić information content (AvgIpc) is 3.12. The van der Waals surface area contributed by atoms with E-state index in [1.807, 2.05) is 6.92 Å². The third kappa shape index (κ3) is 4.02. The number of carbonyl (C=O) groups is 2. The SMILES string of the molecule is Cc1ccc(C(=O)Nc2c(C(N)=O)sc3nc(C(F)F)cc(-c4ccccc4)c23)cc1. The molecule has 0 saturated carbocycles. The van der Waals surface area contributed by atoms with Gasteiger partial charge in [-0.1, -0.05) is 48.0 Å². The number of nitrogens with two attached hydrogens (primary N) is 1. The number of nitrogens with one attached hydrogen (secondary N) is 1. The normalized spacial score (nSPS) is 11.1. The summed E-state index contributed by atoms with van der Waals surface area (Å²) in [6.07, 6.45) is -2.79. The summed E-state index contributed by atoms with van der Waals surface area (Å²) in [4.78, 5) is 29.3. The van der Waals surface area contributed by atoms with Crippen molar-refractivity contribution in [2.75, 3.05) is 5.32 Å². The second-order valence-corrected chi connectivity index (χ2v) is 7.93. The molecule has 8 heteroatoms. The molecule has 0 aliphatic heterocycles. The number of amides is 2. The van der Waals surface area contributed by atoms with Crippen LogP contribution in [0.2, 0.25) is 0 Å². The van der Waals surface area contributed by atoms with Crippen molar-refractivity contribution in [1.82, 2.24) is 4.98 Å². The first-order valence-electron chi connectivity index (χ1n) is 9.34. The number of hydrogen-bond acceptors (Lipinski definition) is 4. The highest BCUT2D eigenvalue weighted by molar-refractivity contribution is 7.21. The monoisotopic (exact) mass is 437 g/mol. The lowest BCUT2D eigenvalue weighted by Gasteiger charge is -2.11. The minimum atomic E-state index is -2.79. The molecule has 2 heterocycles. The summed E-state index contributed by atoms with van der Waals surface area (Å²) >= 11 is 0.878. The zero-order valence-corrected chi connectivity index (χ0v) is 17.2. The maximum absolute atomic E-state index is 13.5. The van der Waals surface area contributed by atoms with Crippen molar-refractivity contribution in [2.24, 2.45) is 5.73 Å². The molecule has 0 aliphatic carbocycles. The van der Waals surface area contributed by atoms with Gasteiger partial charge in [0.15, 0.2) is 0 Å². The van der Waals surface area contributed by atoms with Crippen molar-refractivity contribution in [2.45, 2.75) is 13.3 Å². The summed E-state index contributed by atoms with van der Waals surface area (Å²) in [5.41, 5.74) is 7.76. The number of anilines is 1. The van der Waals surface area contributed by atoms with Crippen LogP contribution in [0.15, 0.2) is 60.7 Å². The summed E-state index contributed by atoms with van der Waals surface area (Å²) in [5.74, 6) is -1.22. The molecule has 4 aromatic rings. The Morgan fingerprint density at radius 3 is 2.35 bits per heavy atom. The summed E-state index contributed by atoms with van der Waals surface area (Å²) in [6, 6.07) is 17.1. The van der Waals surface area contributed by atoms with E-state index >= 15 is 0 Å². The first-order valence-corrected chi connectivity index (χ1v) is 10.2. The van der Waals surface area contributed by atoms with E-state index in [1.165, 1.54) is 6.07 Å². The highest BCUT2D eigenvalue weighted by Crippen LogP contribution is 2.42. The van der Waals surface area contributed by atoms with Gasteiger partial charge in [-0.05, 0) is 36.2 Å². The molecule has 156 valence electrons. The number of fused-ring (bicyclic) bond motifs is 1. The van der Waals surface area contributed by atoms with Crippen LogP contribution in [0.25, 0.3) is 21.3 Å². The summed E-state index contributed by atoms with van der Waals surface area (Å²) in [7, 11) is 0. The summed E-state index contributed by atoms with van der Waals surface area (Å²) in [5, 5.41) is 3.15. The fourth-order valence-electron chi connectivity index (χ4n) is 3.26. The van der Waals surface area contributed by atoms with Gasteiger partial charge in [-0.15, -0.1) is 11.3 Å². The lowest BCUT2D eigenvalue weighted by molar-refractivity contribution is 0.100. The molecule has 2 amide bonds. The highest BCUT2D eigenvalue weighted by atomic mass is 32.1. The van der Waals surface area contributed by atoms with Crippen molar-refractivity contribution in [1.29, 1.82) is 0 Å². The zero-order chi connectivity index (χ0) is 22.1. The van der Waals surface area contributed by atoms with Crippen molar-refractivity contribution in [3.8, 4) is 11.1 Å². The molecule has 2 aromatic carbocycles. The molecule has 0 spiro atoms. The van der Waals surface area contributed by atoms with Crippen molar-refractivity contribution >= 4 is 39.1 Å². The van der Waals surface area contributed by atoms with Crippen molar-refractivity contribution < 1.29 is 18.4 Å². The summed E-state index contributed by atoms with van der Waals surface area (Å²) < 4.78 is 27.0. The number of primary amides is 1. The Kier molecular flexibility index (Phi) is 5.48. The third-order valence-corrected chi connectivity index (χ3v) is 5.86. The van der Waals surface area contributed by atoms with E-state index in [0.29, 0.717) is 22.1 Å². The lowest BCUT2D eigenvalue weighted by atomic mass is 10.0. The van der Waals surface area contributed by atoms with E-state index in [0.717, 1.165) is 16.9 Å². The molecule has 0 bridgehead atoms. The first-order chi connectivity index (χ1) is 14.8. The van der Waals surface area contributed by atoms with Gasteiger partial charge in [0.1, 0.15) is 15.4 Å². The molecule has 2 aromatic heterocycles. The predicted molar refractivity (Wildman–Crippen MR) is 118 cm³/mol. The quantitative estimate of drug-likeness (QED) is 0.429. The number of benzene rings is 2. The number of carbonyl (C=O) groups excluding carboxylic acids is 2. The van der Waals surface area contributed by atoms with Gasteiger partial charge in [-0.25, -0.2) is 13.8 Å². The fourth-order valence-corrected chi connectivity index (χ4v) is 4.27. The van der Waals surface area contributed by atoms with Crippen LogP contribution in [-0.4, -0.2) is 16.8 Å². The van der Waals surface area contributed by atoms with Crippen molar-refractivity contribution in [3.63, 3.8) is 0 Å². The van der Waals surface area contributed by atoms with Gasteiger partial charge in [0.05, 0.1) is 5.69 Å². The fraction of sp³-hybridized carbons (Fsp3) is 0.0870. The maximum Gasteiger partial charge on any atom is 0.280 e. The smallest absolute Gasteiger partial charge is 0.280 e. The van der Waals surface area contributed by atoms with E-state index in [9.17, 15) is 18.4 Å². The molecule has 31 heavy (non-hydrogen) atoms. The van der Waals surface area contributed by atoms with Crippen LogP contribution in [-0.2, 0) is 0 Å². The van der Waals surface area contributed by atoms with Gasteiger partial charge < -0.3 is 11.1 Å². The van der Waals surface area contributed by atoms with Gasteiger partial charge in [0.25, 0.3) is 18.2 Å². The standard InChI is InChI=1S/C23H17F2N3O2S/c1-12-7-9-14(10-8-12)22(30)28-18-17-15(13-5-3-2-4-6-13)11-16(20(24)25)27-23(17)31-19(18)21(26)29/h2-11,20H,1H3,(H2,26,29)(H,28,30). The van der Waals surface area contributed by atoms with E-state index in [4.69, 9.17) is 5.73 Å². The van der Waals surface area contributed by atoms with Gasteiger partial charge in [0.2, 0.25) is 0 Å². The number of pyridine rings is 1. The molecular formula is C23H17F2N3O2S. The summed E-state index contributed by atoms with van der Waals surface area (Å²) in [6.45, 7) is 1.90. The van der Waals surface area contributed by atoms with Crippen LogP contribution in [0.4, 0.5) is 14.5 Å². The highest BCUT2D eigenvalue weighted by Gasteiger charge is 2.25. The molecule has 4 rings (SSSR count). The number of aromatic nitrogens is 1. The van der Waals surface area contributed by atoms with E-state index in [-0.39, 0.29) is 15.4 Å². The minimum absolute atomic E-state index is 0.0477. The van der Waals surface area contributed by atoms with Gasteiger partial charge >= 0.3 is 0 Å². The van der Waals surface area contributed by atoms with E-state index < -0.39 is 23.9 Å². The number of rotatable bonds is 5. The molecule has 0 atom stereocenters. The molecule has 0 radical (unpaired) electrons. The van der Waals surface area contributed by atoms with Gasteiger partial charge in [0, 0.05) is 10.9 Å². The van der Waals surface area contributed by atoms with Crippen LogP contribution in [0.5, 0.6) is 0 Å². The molecule has 5 nitrogen and oxygen atoms in total. The molecular weight excluding hydrogens is 420 g/mol. The third-order valence-electron chi connectivity index (χ3n) is 4.77. The molecule has 0 fully saturated rings. The molecule has 0 aliphatic rings. The van der Waals surface area contributed by atoms with E-state index in [2.05, 4.69) is 10.3 Å². The Morgan fingerprint density at radius 1 is 1.06 bits per heavy atom. The van der Waals surface area contributed by atoms with Crippen LogP contribution >= 0.6 is 11.3 Å². The molecule has 0 saturated heterocycles. The number of alkyl halides is 2. The number of aryl methyl sites for hydroxylation is 1. The Morgan fingerprint density at radius 2 is 1.74 bits per heavy atom. The Balaban J connectivity index is 1.94. The molecule has 3 N–H and O–H groups in total. The van der Waals surface area contributed by atoms with Crippen LogP contribution in [0.3, 0.4) is 0 Å². The number of halogens is 2. The second-order valence-electron chi connectivity index (χ2n) is 6.93. The minimum Gasteiger partial charge on any atom is -0.365 e. The van der Waals surface area contributed by atoms with Crippen LogP contribution in [0.1, 0.15) is 37.7 Å². The van der Waals surface area contributed by atoms with Crippen LogP contribution < -0.4 is 11.1 Å². The average molecular weight is 437 g/mol. The largest absolute Gasteiger partial charge is 0.365 e. The maximum atomic E-state index is 13.5. The van der Waals surface area contributed by atoms with Gasteiger partial charge in [-0.2, -0.15) is 0 Å². The lowest BCUT2D eigenvalue weighted by Crippen LogP contribution is -2.16. The predicted octanol–water partition coefficient (Wildman–Crippen LogP) is 5.56. The number of thiophene rings is 1. The van der Waals surface area contributed by atoms with E-state index in [1.54, 1.807) is 54.6 Å². The van der Waals surface area contributed by atoms with Crippen molar-refractivity contribution in [3.05, 3.63) is 82.4 Å². The number of nitrogens with zero attached hydrogens (tertiary/aromatic N) is 1. The zero-order valence-electron chi connectivity index (χ0n) is 16.4. The number of hydrogen-bond donors (Lipinski definition) is 2.